The Hall–Kier alpha value is -0.580. The highest BCUT2D eigenvalue weighted by molar-refractivity contribution is 7.89. The van der Waals surface area contributed by atoms with Crippen molar-refractivity contribution in [2.75, 3.05) is 7.05 Å². The average Bonchev–Trinajstić information content (AvgIpc) is 2.36. The maximum Gasteiger partial charge on any atom is 0.243 e. The highest BCUT2D eigenvalue weighted by Crippen LogP contribution is 2.23. The Morgan fingerprint density at radius 2 is 1.79 bits per heavy atom. The molecule has 5 heteroatoms. The van der Waals surface area contributed by atoms with Crippen LogP contribution in [0.3, 0.4) is 0 Å². The first-order valence-corrected chi connectivity index (χ1v) is 8.40. The zero-order valence-corrected chi connectivity index (χ0v) is 13.5. The Kier molecular flexibility index (Phi) is 5.83. The van der Waals surface area contributed by atoms with Gasteiger partial charge in [0.15, 0.2) is 0 Å². The van der Waals surface area contributed by atoms with Crippen LogP contribution in [-0.2, 0) is 15.9 Å². The fourth-order valence-corrected chi connectivity index (χ4v) is 3.99. The highest BCUT2D eigenvalue weighted by Gasteiger charge is 2.27. The molecule has 1 atom stereocenters. The molecule has 0 amide bonds. The van der Waals surface area contributed by atoms with Gasteiger partial charge < -0.3 is 0 Å². The van der Waals surface area contributed by atoms with Crippen molar-refractivity contribution in [3.8, 4) is 0 Å². The van der Waals surface area contributed by atoms with Gasteiger partial charge in [-0.15, -0.1) is 11.6 Å². The SMILES string of the molecule is CC(C)CC(C)N(C)S(=O)(=O)c1ccccc1CCl. The molecule has 3 nitrogen and oxygen atoms in total. The van der Waals surface area contributed by atoms with Gasteiger partial charge in [-0.2, -0.15) is 4.31 Å². The van der Waals surface area contributed by atoms with Crippen LogP contribution in [0.15, 0.2) is 29.2 Å². The molecule has 0 spiro atoms. The summed E-state index contributed by atoms with van der Waals surface area (Å²) in [6.07, 6.45) is 0.832. The molecule has 19 heavy (non-hydrogen) atoms. The number of hydrogen-bond acceptors (Lipinski definition) is 2. The Bertz CT molecular complexity index is 514. The summed E-state index contributed by atoms with van der Waals surface area (Å²) in [7, 11) is -1.85. The van der Waals surface area contributed by atoms with E-state index in [1.807, 2.05) is 6.92 Å². The van der Waals surface area contributed by atoms with Crippen LogP contribution in [0.5, 0.6) is 0 Å². The van der Waals surface area contributed by atoms with E-state index in [4.69, 9.17) is 11.6 Å². The molecule has 0 aliphatic carbocycles. The maximum atomic E-state index is 12.6. The summed E-state index contributed by atoms with van der Waals surface area (Å²) in [4.78, 5) is 0.308. The van der Waals surface area contributed by atoms with Gasteiger partial charge in [0.1, 0.15) is 0 Å². The van der Waals surface area contributed by atoms with Gasteiger partial charge in [-0.25, -0.2) is 8.42 Å². The fraction of sp³-hybridized carbons (Fsp3) is 0.571. The zero-order valence-electron chi connectivity index (χ0n) is 11.9. The molecule has 0 aliphatic heterocycles. The minimum Gasteiger partial charge on any atom is -0.207 e. The Labute approximate surface area is 121 Å². The molecule has 0 heterocycles. The molecule has 1 aromatic rings. The molecule has 0 saturated carbocycles. The first kappa shape index (κ1) is 16.5. The number of hydrogen-bond donors (Lipinski definition) is 0. The van der Waals surface area contributed by atoms with Crippen molar-refractivity contribution in [3.63, 3.8) is 0 Å². The second-order valence-corrected chi connectivity index (χ2v) is 7.47. The lowest BCUT2D eigenvalue weighted by Gasteiger charge is -2.26. The summed E-state index contributed by atoms with van der Waals surface area (Å²) in [6.45, 7) is 6.11. The Morgan fingerprint density at radius 3 is 2.32 bits per heavy atom. The van der Waals surface area contributed by atoms with E-state index in [0.29, 0.717) is 16.4 Å². The van der Waals surface area contributed by atoms with Crippen LogP contribution in [0.4, 0.5) is 0 Å². The van der Waals surface area contributed by atoms with E-state index >= 15 is 0 Å². The van der Waals surface area contributed by atoms with E-state index in [1.54, 1.807) is 31.3 Å². The number of sulfonamides is 1. The van der Waals surface area contributed by atoms with Gasteiger partial charge in [0.05, 0.1) is 4.90 Å². The molecular weight excluding hydrogens is 282 g/mol. The molecular formula is C14H22ClNO2S. The van der Waals surface area contributed by atoms with Crippen LogP contribution in [0.2, 0.25) is 0 Å². The van der Waals surface area contributed by atoms with Crippen LogP contribution < -0.4 is 0 Å². The zero-order chi connectivity index (χ0) is 14.6. The molecule has 1 unspecified atom stereocenters. The van der Waals surface area contributed by atoms with E-state index < -0.39 is 10.0 Å². The normalized spacial score (nSPS) is 14.1. The van der Waals surface area contributed by atoms with E-state index in [1.165, 1.54) is 4.31 Å². The molecule has 108 valence electrons. The van der Waals surface area contributed by atoms with Crippen molar-refractivity contribution >= 4 is 21.6 Å². The molecule has 1 aromatic carbocycles. The van der Waals surface area contributed by atoms with Gasteiger partial charge in [0.25, 0.3) is 0 Å². The fourth-order valence-electron chi connectivity index (χ4n) is 2.09. The Balaban J connectivity index is 3.09. The molecule has 0 saturated heterocycles. The topological polar surface area (TPSA) is 37.4 Å². The molecule has 1 rings (SSSR count). The number of nitrogens with zero attached hydrogens (tertiary/aromatic N) is 1. The van der Waals surface area contributed by atoms with Crippen molar-refractivity contribution in [1.29, 1.82) is 0 Å². The predicted octanol–water partition coefficient (Wildman–Crippen LogP) is 3.48. The third kappa shape index (κ3) is 3.94. The summed E-state index contributed by atoms with van der Waals surface area (Å²) in [5.41, 5.74) is 0.646. The summed E-state index contributed by atoms with van der Waals surface area (Å²) >= 11 is 5.82. The lowest BCUT2D eigenvalue weighted by molar-refractivity contribution is 0.337. The highest BCUT2D eigenvalue weighted by atomic mass is 35.5. The first-order valence-electron chi connectivity index (χ1n) is 6.42. The molecule has 0 fully saturated rings. The van der Waals surface area contributed by atoms with Gasteiger partial charge in [-0.3, -0.25) is 0 Å². The molecule has 0 N–H and O–H groups in total. The monoisotopic (exact) mass is 303 g/mol. The first-order chi connectivity index (χ1) is 8.80. The minimum atomic E-state index is -3.48. The molecule has 0 aliphatic rings. The second kappa shape index (κ2) is 6.73. The smallest absolute Gasteiger partial charge is 0.207 e. The van der Waals surface area contributed by atoms with Crippen molar-refractivity contribution in [3.05, 3.63) is 29.8 Å². The number of rotatable bonds is 6. The quantitative estimate of drug-likeness (QED) is 0.755. The van der Waals surface area contributed by atoms with Crippen molar-refractivity contribution in [2.45, 2.75) is 44.0 Å². The summed E-state index contributed by atoms with van der Waals surface area (Å²) in [5, 5.41) is 0. The third-order valence-corrected chi connectivity index (χ3v) is 5.57. The van der Waals surface area contributed by atoms with Crippen molar-refractivity contribution < 1.29 is 8.42 Å². The van der Waals surface area contributed by atoms with Crippen LogP contribution >= 0.6 is 11.6 Å². The van der Waals surface area contributed by atoms with E-state index in [9.17, 15) is 8.42 Å². The number of benzene rings is 1. The standard InChI is InChI=1S/C14H22ClNO2S/c1-11(2)9-12(3)16(4)19(17,18)14-8-6-5-7-13(14)10-15/h5-8,11-12H,9-10H2,1-4H3. The third-order valence-electron chi connectivity index (χ3n) is 3.21. The summed E-state index contributed by atoms with van der Waals surface area (Å²) in [6, 6.07) is 6.86. The number of halogens is 1. The van der Waals surface area contributed by atoms with Crippen molar-refractivity contribution in [2.24, 2.45) is 5.92 Å². The summed E-state index contributed by atoms with van der Waals surface area (Å²) < 4.78 is 26.6. The van der Waals surface area contributed by atoms with Gasteiger partial charge in [0.2, 0.25) is 10.0 Å². The molecule has 0 bridgehead atoms. The van der Waals surface area contributed by atoms with E-state index in [0.717, 1.165) is 6.42 Å². The van der Waals surface area contributed by atoms with Crippen LogP contribution in [-0.4, -0.2) is 25.8 Å². The average molecular weight is 304 g/mol. The predicted molar refractivity (Wildman–Crippen MR) is 79.9 cm³/mol. The molecule has 0 radical (unpaired) electrons. The van der Waals surface area contributed by atoms with Crippen LogP contribution in [0.1, 0.15) is 32.8 Å². The van der Waals surface area contributed by atoms with Gasteiger partial charge in [0, 0.05) is 19.0 Å². The van der Waals surface area contributed by atoms with Crippen LogP contribution in [0, 0.1) is 5.92 Å². The largest absolute Gasteiger partial charge is 0.243 e. The van der Waals surface area contributed by atoms with Gasteiger partial charge >= 0.3 is 0 Å². The summed E-state index contributed by atoms with van der Waals surface area (Å²) in [5.74, 6) is 0.651. The minimum absolute atomic E-state index is 0.0339. The molecule has 0 aromatic heterocycles. The van der Waals surface area contributed by atoms with Crippen LogP contribution in [0.25, 0.3) is 0 Å². The lowest BCUT2D eigenvalue weighted by atomic mass is 10.1. The van der Waals surface area contributed by atoms with E-state index in [-0.39, 0.29) is 11.9 Å². The van der Waals surface area contributed by atoms with E-state index in [2.05, 4.69) is 13.8 Å². The number of alkyl halides is 1. The lowest BCUT2D eigenvalue weighted by Crippen LogP contribution is -2.36. The second-order valence-electron chi connectivity index (χ2n) is 5.24. The van der Waals surface area contributed by atoms with Gasteiger partial charge in [-0.05, 0) is 30.9 Å². The maximum absolute atomic E-state index is 12.6. The Morgan fingerprint density at radius 1 is 1.21 bits per heavy atom. The van der Waals surface area contributed by atoms with Crippen molar-refractivity contribution in [1.82, 2.24) is 4.31 Å². The van der Waals surface area contributed by atoms with Gasteiger partial charge in [-0.1, -0.05) is 32.0 Å².